The van der Waals surface area contributed by atoms with Gasteiger partial charge in [-0.25, -0.2) is 0 Å². The Balaban J connectivity index is 3.49. The van der Waals surface area contributed by atoms with Crippen LogP contribution in [0.15, 0.2) is 12.7 Å². The molecule has 0 aliphatic heterocycles. The van der Waals surface area contributed by atoms with E-state index in [0.29, 0.717) is 18.9 Å². The van der Waals surface area contributed by atoms with E-state index in [9.17, 15) is 9.90 Å². The van der Waals surface area contributed by atoms with Crippen molar-refractivity contribution in [3.63, 3.8) is 0 Å². The molecule has 0 saturated carbocycles. The molecular formula is C9H17NO2. The number of hydrogen-bond acceptors (Lipinski definition) is 2. The lowest BCUT2D eigenvalue weighted by Crippen LogP contribution is -2.31. The monoisotopic (exact) mass is 171 g/mol. The first kappa shape index (κ1) is 11.2. The van der Waals surface area contributed by atoms with Gasteiger partial charge in [-0.15, -0.1) is 0 Å². The summed E-state index contributed by atoms with van der Waals surface area (Å²) in [5, 5.41) is 11.8. The summed E-state index contributed by atoms with van der Waals surface area (Å²) in [4.78, 5) is 10.7. The fourth-order valence-corrected chi connectivity index (χ4v) is 0.918. The largest absolute Gasteiger partial charge is 0.391 e. The maximum Gasteiger partial charge on any atom is 0.243 e. The number of amides is 1. The van der Waals surface area contributed by atoms with E-state index in [2.05, 4.69) is 11.9 Å². The maximum absolute atomic E-state index is 10.7. The molecule has 1 unspecified atom stereocenters. The van der Waals surface area contributed by atoms with Crippen molar-refractivity contribution in [2.45, 2.75) is 26.4 Å². The van der Waals surface area contributed by atoms with Crippen molar-refractivity contribution in [1.29, 1.82) is 0 Å². The van der Waals surface area contributed by atoms with Crippen LogP contribution < -0.4 is 5.32 Å². The van der Waals surface area contributed by atoms with Gasteiger partial charge < -0.3 is 10.4 Å². The molecule has 70 valence electrons. The van der Waals surface area contributed by atoms with Crippen LogP contribution in [0.5, 0.6) is 0 Å². The van der Waals surface area contributed by atoms with Crippen LogP contribution in [0.25, 0.3) is 0 Å². The van der Waals surface area contributed by atoms with E-state index in [4.69, 9.17) is 0 Å². The highest BCUT2D eigenvalue weighted by Gasteiger charge is 2.06. The Morgan fingerprint density at radius 2 is 2.25 bits per heavy atom. The summed E-state index contributed by atoms with van der Waals surface area (Å²) >= 11 is 0. The normalized spacial score (nSPS) is 12.7. The van der Waals surface area contributed by atoms with Crippen LogP contribution in [0, 0.1) is 5.92 Å². The van der Waals surface area contributed by atoms with Crippen molar-refractivity contribution in [2.75, 3.05) is 6.54 Å². The summed E-state index contributed by atoms with van der Waals surface area (Å²) in [5.74, 6) is 0.207. The number of hydrogen-bond donors (Lipinski definition) is 2. The summed E-state index contributed by atoms with van der Waals surface area (Å²) in [6.45, 7) is 7.67. The third-order valence-corrected chi connectivity index (χ3v) is 1.44. The molecule has 3 nitrogen and oxygen atoms in total. The van der Waals surface area contributed by atoms with Crippen molar-refractivity contribution >= 4 is 5.91 Å². The van der Waals surface area contributed by atoms with Gasteiger partial charge in [-0.05, 0) is 18.4 Å². The van der Waals surface area contributed by atoms with Gasteiger partial charge in [0, 0.05) is 6.54 Å². The van der Waals surface area contributed by atoms with Crippen LogP contribution >= 0.6 is 0 Å². The predicted octanol–water partition coefficient (Wildman–Crippen LogP) is 0.696. The van der Waals surface area contributed by atoms with Crippen LogP contribution in [0.3, 0.4) is 0 Å². The van der Waals surface area contributed by atoms with Gasteiger partial charge in [-0.2, -0.15) is 0 Å². The number of carbonyl (C=O) groups excluding carboxylic acids is 1. The summed E-state index contributed by atoms with van der Waals surface area (Å²) < 4.78 is 0. The zero-order valence-electron chi connectivity index (χ0n) is 7.71. The van der Waals surface area contributed by atoms with E-state index in [1.165, 1.54) is 6.08 Å². The molecule has 0 rings (SSSR count). The number of nitrogens with one attached hydrogen (secondary N) is 1. The van der Waals surface area contributed by atoms with Crippen molar-refractivity contribution < 1.29 is 9.90 Å². The van der Waals surface area contributed by atoms with Crippen molar-refractivity contribution in [3.8, 4) is 0 Å². The molecule has 0 fully saturated rings. The highest BCUT2D eigenvalue weighted by atomic mass is 16.3. The second-order valence-electron chi connectivity index (χ2n) is 3.23. The molecule has 0 bridgehead atoms. The Labute approximate surface area is 73.5 Å². The third kappa shape index (κ3) is 5.92. The van der Waals surface area contributed by atoms with Gasteiger partial charge in [0.05, 0.1) is 6.10 Å². The molecule has 0 heterocycles. The third-order valence-electron chi connectivity index (χ3n) is 1.44. The van der Waals surface area contributed by atoms with Crippen LogP contribution in [-0.2, 0) is 4.79 Å². The Kier molecular flexibility index (Phi) is 5.37. The Morgan fingerprint density at radius 1 is 1.67 bits per heavy atom. The molecular weight excluding hydrogens is 154 g/mol. The van der Waals surface area contributed by atoms with Gasteiger partial charge >= 0.3 is 0 Å². The van der Waals surface area contributed by atoms with Gasteiger partial charge in [0.15, 0.2) is 0 Å². The quantitative estimate of drug-likeness (QED) is 0.598. The molecule has 0 aliphatic rings. The van der Waals surface area contributed by atoms with Crippen LogP contribution in [0.1, 0.15) is 20.3 Å². The lowest BCUT2D eigenvalue weighted by Gasteiger charge is -2.12. The van der Waals surface area contributed by atoms with Crippen LogP contribution in [0.2, 0.25) is 0 Å². The Bertz CT molecular complexity index is 155. The summed E-state index contributed by atoms with van der Waals surface area (Å²) in [5.41, 5.74) is 0. The van der Waals surface area contributed by atoms with Gasteiger partial charge in [-0.3, -0.25) is 4.79 Å². The van der Waals surface area contributed by atoms with E-state index in [0.717, 1.165) is 0 Å². The molecule has 0 aromatic heterocycles. The van der Waals surface area contributed by atoms with E-state index in [1.807, 2.05) is 13.8 Å². The molecule has 0 aromatic carbocycles. The van der Waals surface area contributed by atoms with Crippen LogP contribution in [0.4, 0.5) is 0 Å². The first-order valence-corrected chi connectivity index (χ1v) is 4.14. The number of aliphatic hydroxyl groups excluding tert-OH is 1. The minimum atomic E-state index is -0.450. The molecule has 0 saturated heterocycles. The molecule has 0 aliphatic carbocycles. The topological polar surface area (TPSA) is 49.3 Å². The standard InChI is InChI=1S/C9H17NO2/c1-4-9(12)10-6-8(11)5-7(2)3/h4,7-8,11H,1,5-6H2,2-3H3,(H,10,12). The van der Waals surface area contributed by atoms with Gasteiger partial charge in [0.25, 0.3) is 0 Å². The average Bonchev–Trinajstić information content (AvgIpc) is 1.99. The lowest BCUT2D eigenvalue weighted by molar-refractivity contribution is -0.117. The fraction of sp³-hybridized carbons (Fsp3) is 0.667. The average molecular weight is 171 g/mol. The van der Waals surface area contributed by atoms with Crippen molar-refractivity contribution in [2.24, 2.45) is 5.92 Å². The number of carbonyl (C=O) groups is 1. The summed E-state index contributed by atoms with van der Waals surface area (Å²) in [7, 11) is 0. The Hall–Kier alpha value is -0.830. The van der Waals surface area contributed by atoms with E-state index >= 15 is 0 Å². The molecule has 1 atom stereocenters. The lowest BCUT2D eigenvalue weighted by atomic mass is 10.1. The smallest absolute Gasteiger partial charge is 0.243 e. The molecule has 0 radical (unpaired) electrons. The molecule has 3 heteroatoms. The molecule has 12 heavy (non-hydrogen) atoms. The Morgan fingerprint density at radius 3 is 2.67 bits per heavy atom. The molecule has 0 spiro atoms. The zero-order chi connectivity index (χ0) is 9.56. The second-order valence-corrected chi connectivity index (χ2v) is 3.23. The minimum Gasteiger partial charge on any atom is -0.391 e. The predicted molar refractivity (Wildman–Crippen MR) is 48.7 cm³/mol. The van der Waals surface area contributed by atoms with Gasteiger partial charge in [-0.1, -0.05) is 20.4 Å². The van der Waals surface area contributed by atoms with E-state index in [-0.39, 0.29) is 5.91 Å². The highest BCUT2D eigenvalue weighted by molar-refractivity contribution is 5.86. The first-order valence-electron chi connectivity index (χ1n) is 4.14. The van der Waals surface area contributed by atoms with Crippen LogP contribution in [-0.4, -0.2) is 23.7 Å². The SMILES string of the molecule is C=CC(=O)NCC(O)CC(C)C. The number of aliphatic hydroxyl groups is 1. The van der Waals surface area contributed by atoms with E-state index < -0.39 is 6.10 Å². The zero-order valence-corrected chi connectivity index (χ0v) is 7.71. The summed E-state index contributed by atoms with van der Waals surface area (Å²) in [6, 6.07) is 0. The maximum atomic E-state index is 10.7. The van der Waals surface area contributed by atoms with E-state index in [1.54, 1.807) is 0 Å². The van der Waals surface area contributed by atoms with Crippen molar-refractivity contribution in [3.05, 3.63) is 12.7 Å². The first-order chi connectivity index (χ1) is 5.56. The van der Waals surface area contributed by atoms with Gasteiger partial charge in [0.1, 0.15) is 0 Å². The summed E-state index contributed by atoms with van der Waals surface area (Å²) in [6.07, 6.45) is 1.45. The van der Waals surface area contributed by atoms with Crippen molar-refractivity contribution in [1.82, 2.24) is 5.32 Å². The number of rotatable bonds is 5. The molecule has 2 N–H and O–H groups in total. The minimum absolute atomic E-state index is 0.238. The van der Waals surface area contributed by atoms with Gasteiger partial charge in [0.2, 0.25) is 5.91 Å². The highest BCUT2D eigenvalue weighted by Crippen LogP contribution is 2.02. The molecule has 1 amide bonds. The molecule has 0 aromatic rings. The fourth-order valence-electron chi connectivity index (χ4n) is 0.918. The second kappa shape index (κ2) is 5.77.